The van der Waals surface area contributed by atoms with Gasteiger partial charge in [-0.3, -0.25) is 9.59 Å². The fraction of sp³-hybridized carbons (Fsp3) is 0.440. The van der Waals surface area contributed by atoms with Crippen LogP contribution in [0.5, 0.6) is 5.75 Å². The number of likely N-dealkylation sites (tertiary alicyclic amines) is 1. The van der Waals surface area contributed by atoms with E-state index >= 15 is 0 Å². The number of rotatable bonds is 6. The van der Waals surface area contributed by atoms with Crippen LogP contribution in [0.3, 0.4) is 0 Å². The summed E-state index contributed by atoms with van der Waals surface area (Å²) in [4.78, 5) is 30.0. The molecule has 2 amide bonds. The van der Waals surface area contributed by atoms with Crippen LogP contribution < -0.4 is 4.74 Å². The zero-order valence-electron chi connectivity index (χ0n) is 18.5. The summed E-state index contributed by atoms with van der Waals surface area (Å²) in [6, 6.07) is 14.1. The highest BCUT2D eigenvalue weighted by Crippen LogP contribution is 2.28. The van der Waals surface area contributed by atoms with Crippen LogP contribution in [0, 0.1) is 0 Å². The van der Waals surface area contributed by atoms with Crippen molar-refractivity contribution in [1.29, 1.82) is 0 Å². The van der Waals surface area contributed by atoms with E-state index in [2.05, 4.69) is 0 Å². The summed E-state index contributed by atoms with van der Waals surface area (Å²) in [7, 11) is 0. The lowest BCUT2D eigenvalue weighted by Crippen LogP contribution is -2.58. The van der Waals surface area contributed by atoms with Crippen molar-refractivity contribution >= 4 is 35.0 Å². The van der Waals surface area contributed by atoms with Crippen LogP contribution in [0.2, 0.25) is 10.0 Å². The summed E-state index contributed by atoms with van der Waals surface area (Å²) >= 11 is 12.4. The zero-order chi connectivity index (χ0) is 23.3. The molecule has 0 aromatic heterocycles. The fourth-order valence-electron chi connectivity index (χ4n) is 4.37. The number of ether oxygens (including phenoxy) is 2. The lowest BCUT2D eigenvalue weighted by Gasteiger charge is -2.43. The molecule has 0 radical (unpaired) electrons. The Morgan fingerprint density at radius 2 is 1.76 bits per heavy atom. The third-order valence-corrected chi connectivity index (χ3v) is 6.68. The van der Waals surface area contributed by atoms with Crippen molar-refractivity contribution in [1.82, 2.24) is 9.80 Å². The van der Waals surface area contributed by atoms with E-state index in [0.29, 0.717) is 34.5 Å². The Morgan fingerprint density at radius 1 is 0.970 bits per heavy atom. The molecule has 176 valence electrons. The number of morpholine rings is 1. The third kappa shape index (κ3) is 5.99. The van der Waals surface area contributed by atoms with Gasteiger partial charge in [0.1, 0.15) is 18.0 Å². The highest BCUT2D eigenvalue weighted by molar-refractivity contribution is 6.33. The van der Waals surface area contributed by atoms with Crippen LogP contribution in [0.25, 0.3) is 0 Å². The maximum atomic E-state index is 13.2. The maximum absolute atomic E-state index is 13.2. The second kappa shape index (κ2) is 10.8. The molecular weight excluding hydrogens is 463 g/mol. The summed E-state index contributed by atoms with van der Waals surface area (Å²) in [5, 5.41) is 0.963. The summed E-state index contributed by atoms with van der Waals surface area (Å²) in [6.07, 6.45) is 3.30. The number of hydrogen-bond acceptors (Lipinski definition) is 4. The summed E-state index contributed by atoms with van der Waals surface area (Å²) in [6.45, 7) is 2.60. The predicted octanol–water partition coefficient (Wildman–Crippen LogP) is 4.69. The number of carbonyl (C=O) groups excluding carboxylic acids is 2. The SMILES string of the molecule is O=C(CC1(COc2cccc(Cl)c2)CN(C(=O)c2ccccc2Cl)CCO1)N1CCCCC1. The normalized spacial score (nSPS) is 21.0. The van der Waals surface area contributed by atoms with E-state index < -0.39 is 5.60 Å². The smallest absolute Gasteiger partial charge is 0.255 e. The number of carbonyl (C=O) groups is 2. The number of benzene rings is 2. The van der Waals surface area contributed by atoms with Gasteiger partial charge in [-0.25, -0.2) is 0 Å². The van der Waals surface area contributed by atoms with Gasteiger partial charge in [-0.1, -0.05) is 41.4 Å². The molecule has 8 heteroatoms. The van der Waals surface area contributed by atoms with E-state index in [9.17, 15) is 9.59 Å². The van der Waals surface area contributed by atoms with Crippen molar-refractivity contribution in [3.63, 3.8) is 0 Å². The highest BCUT2D eigenvalue weighted by Gasteiger charge is 2.42. The van der Waals surface area contributed by atoms with Crippen molar-refractivity contribution in [2.45, 2.75) is 31.3 Å². The fourth-order valence-corrected chi connectivity index (χ4v) is 4.77. The molecular formula is C25H28Cl2N2O4. The van der Waals surface area contributed by atoms with Gasteiger partial charge in [-0.15, -0.1) is 0 Å². The minimum atomic E-state index is -0.966. The second-order valence-corrected chi connectivity index (χ2v) is 9.45. The molecule has 0 bridgehead atoms. The zero-order valence-corrected chi connectivity index (χ0v) is 20.0. The van der Waals surface area contributed by atoms with Gasteiger partial charge >= 0.3 is 0 Å². The van der Waals surface area contributed by atoms with Crippen molar-refractivity contribution in [3.05, 3.63) is 64.1 Å². The molecule has 2 aromatic carbocycles. The minimum Gasteiger partial charge on any atom is -0.490 e. The summed E-state index contributed by atoms with van der Waals surface area (Å²) in [5.74, 6) is 0.434. The van der Waals surface area contributed by atoms with Gasteiger partial charge in [0.25, 0.3) is 5.91 Å². The average Bonchev–Trinajstić information content (AvgIpc) is 2.83. The summed E-state index contributed by atoms with van der Waals surface area (Å²) < 4.78 is 12.2. The first-order valence-corrected chi connectivity index (χ1v) is 12.1. The maximum Gasteiger partial charge on any atom is 0.255 e. The minimum absolute atomic E-state index is 0.0245. The first-order chi connectivity index (χ1) is 16.0. The van der Waals surface area contributed by atoms with Crippen LogP contribution in [0.15, 0.2) is 48.5 Å². The van der Waals surface area contributed by atoms with Crippen LogP contribution in [-0.2, 0) is 9.53 Å². The Kier molecular flexibility index (Phi) is 7.78. The first kappa shape index (κ1) is 23.9. The van der Waals surface area contributed by atoms with Crippen LogP contribution in [0.1, 0.15) is 36.0 Å². The van der Waals surface area contributed by atoms with Crippen LogP contribution in [-0.4, -0.2) is 66.6 Å². The molecule has 4 rings (SSSR count). The molecule has 0 spiro atoms. The van der Waals surface area contributed by atoms with E-state index in [0.717, 1.165) is 32.4 Å². The molecule has 2 fully saturated rings. The molecule has 2 aliphatic rings. The van der Waals surface area contributed by atoms with Crippen molar-refractivity contribution in [2.75, 3.05) is 39.4 Å². The number of amides is 2. The molecule has 2 aromatic rings. The molecule has 2 saturated heterocycles. The van der Waals surface area contributed by atoms with Gasteiger partial charge in [0.2, 0.25) is 5.91 Å². The molecule has 0 N–H and O–H groups in total. The largest absolute Gasteiger partial charge is 0.490 e. The lowest BCUT2D eigenvalue weighted by atomic mass is 9.95. The number of piperidine rings is 1. The van der Waals surface area contributed by atoms with Gasteiger partial charge in [0.15, 0.2) is 0 Å². The molecule has 6 nitrogen and oxygen atoms in total. The molecule has 1 unspecified atom stereocenters. The molecule has 1 atom stereocenters. The van der Waals surface area contributed by atoms with Crippen LogP contribution >= 0.6 is 23.2 Å². The van der Waals surface area contributed by atoms with Crippen molar-refractivity contribution in [2.24, 2.45) is 0 Å². The van der Waals surface area contributed by atoms with Gasteiger partial charge < -0.3 is 19.3 Å². The Labute approximate surface area is 204 Å². The predicted molar refractivity (Wildman–Crippen MR) is 128 cm³/mol. The van der Waals surface area contributed by atoms with Gasteiger partial charge in [-0.05, 0) is 49.6 Å². The average molecular weight is 491 g/mol. The molecule has 2 aliphatic heterocycles. The standard InChI is InChI=1S/C25H28Cl2N2O4/c26-19-7-6-8-20(15-19)32-18-25(16-23(30)28-11-4-1-5-12-28)17-29(13-14-33-25)24(31)21-9-2-3-10-22(21)27/h2-3,6-10,15H,1,4-5,11-14,16-18H2. The quantitative estimate of drug-likeness (QED) is 0.589. The number of hydrogen-bond donors (Lipinski definition) is 0. The number of halogens is 2. The van der Waals surface area contributed by atoms with Gasteiger partial charge in [0, 0.05) is 24.7 Å². The van der Waals surface area contributed by atoms with E-state index in [1.165, 1.54) is 0 Å². The van der Waals surface area contributed by atoms with Crippen molar-refractivity contribution < 1.29 is 19.1 Å². The monoisotopic (exact) mass is 490 g/mol. The topological polar surface area (TPSA) is 59.1 Å². The van der Waals surface area contributed by atoms with E-state index in [4.69, 9.17) is 32.7 Å². The molecule has 0 aliphatic carbocycles. The molecule has 2 heterocycles. The van der Waals surface area contributed by atoms with E-state index in [1.807, 2.05) is 11.0 Å². The Hall–Kier alpha value is -2.28. The molecule has 33 heavy (non-hydrogen) atoms. The highest BCUT2D eigenvalue weighted by atomic mass is 35.5. The first-order valence-electron chi connectivity index (χ1n) is 11.3. The Balaban J connectivity index is 1.54. The summed E-state index contributed by atoms with van der Waals surface area (Å²) in [5.41, 5.74) is -0.528. The van der Waals surface area contributed by atoms with Crippen molar-refractivity contribution in [3.8, 4) is 5.75 Å². The lowest BCUT2D eigenvalue weighted by molar-refractivity contribution is -0.153. The van der Waals surface area contributed by atoms with Gasteiger partial charge in [0.05, 0.1) is 30.2 Å². The Bertz CT molecular complexity index is 996. The number of nitrogens with zero attached hydrogens (tertiary/aromatic N) is 2. The molecule has 0 saturated carbocycles. The second-order valence-electron chi connectivity index (χ2n) is 8.60. The third-order valence-electron chi connectivity index (χ3n) is 6.12. The van der Waals surface area contributed by atoms with E-state index in [1.54, 1.807) is 47.4 Å². The van der Waals surface area contributed by atoms with E-state index in [-0.39, 0.29) is 31.4 Å². The van der Waals surface area contributed by atoms with Crippen LogP contribution in [0.4, 0.5) is 0 Å². The Morgan fingerprint density at radius 3 is 2.52 bits per heavy atom. The van der Waals surface area contributed by atoms with Gasteiger partial charge in [-0.2, -0.15) is 0 Å².